The number of hydrogen-bond acceptors (Lipinski definition) is 9. The van der Waals surface area contributed by atoms with Crippen LogP contribution in [0.25, 0.3) is 0 Å². The van der Waals surface area contributed by atoms with Crippen LogP contribution in [0, 0.1) is 0 Å². The first-order chi connectivity index (χ1) is 7.36. The van der Waals surface area contributed by atoms with Gasteiger partial charge in [-0.1, -0.05) is 0 Å². The number of carboxylic acids is 2. The number of rotatable bonds is 4. The summed E-state index contributed by atoms with van der Waals surface area (Å²) in [7, 11) is 0. The van der Waals surface area contributed by atoms with Gasteiger partial charge in [-0.05, 0) is 0 Å². The van der Waals surface area contributed by atoms with Crippen molar-refractivity contribution in [3.8, 4) is 0 Å². The van der Waals surface area contributed by atoms with E-state index in [1.54, 1.807) is 0 Å². The van der Waals surface area contributed by atoms with Crippen molar-refractivity contribution in [1.82, 2.24) is 0 Å². The predicted octanol–water partition coefficient (Wildman–Crippen LogP) is -4.13. The van der Waals surface area contributed by atoms with Crippen LogP contribution in [0.5, 0.6) is 0 Å². The molecule has 0 unspecified atom stereocenters. The zero-order valence-electron chi connectivity index (χ0n) is 8.11. The molecule has 0 saturated heterocycles. The molecular formula is C6H12N2O5S2V. The standard InChI is InChI=1S/2C3H7NO2S.O.V/c2*4-2(1-7)3(5)6;;/h2*2,7H,1,4H2,(H,5,6);;/q;;;+2/p-2/t2*2-;;/m00../s1. The van der Waals surface area contributed by atoms with Crippen molar-refractivity contribution < 1.29 is 40.8 Å². The Balaban J connectivity index is -0.000000183. The van der Waals surface area contributed by atoms with E-state index >= 15 is 0 Å². The fourth-order valence-corrected chi connectivity index (χ4v) is 0.447. The van der Waals surface area contributed by atoms with Gasteiger partial charge in [-0.15, -0.1) is 0 Å². The Hall–Kier alpha value is -0.0556. The Morgan fingerprint density at radius 1 is 1.00 bits per heavy atom. The van der Waals surface area contributed by atoms with Gasteiger partial charge in [-0.25, -0.2) is 0 Å². The fraction of sp³-hybridized carbons (Fsp3) is 0.667. The monoisotopic (exact) mass is 307 g/mol. The summed E-state index contributed by atoms with van der Waals surface area (Å²) < 4.78 is 8.19. The van der Waals surface area contributed by atoms with E-state index in [0.29, 0.717) is 0 Å². The molecule has 16 heavy (non-hydrogen) atoms. The van der Waals surface area contributed by atoms with Crippen molar-refractivity contribution in [2.45, 2.75) is 12.1 Å². The molecular weight excluding hydrogens is 295 g/mol. The van der Waals surface area contributed by atoms with Crippen LogP contribution in [-0.2, 0) is 30.6 Å². The van der Waals surface area contributed by atoms with Crippen molar-refractivity contribution >= 4 is 37.2 Å². The quantitative estimate of drug-likeness (QED) is 0.385. The summed E-state index contributed by atoms with van der Waals surface area (Å²) in [6.45, 7) is 0. The number of thiol groups is 2. The Morgan fingerprint density at radius 2 is 1.19 bits per heavy atom. The predicted molar refractivity (Wildman–Crippen MR) is 54.4 cm³/mol. The summed E-state index contributed by atoms with van der Waals surface area (Å²) in [5.74, 6) is -2.25. The summed E-state index contributed by atoms with van der Waals surface area (Å²) in [6, 6.07) is -1.85. The van der Waals surface area contributed by atoms with Crippen molar-refractivity contribution in [2.75, 3.05) is 11.5 Å². The second-order valence-electron chi connectivity index (χ2n) is 2.22. The molecule has 0 aromatic rings. The Labute approximate surface area is 113 Å². The van der Waals surface area contributed by atoms with Crippen molar-refractivity contribution in [2.24, 2.45) is 11.5 Å². The number of carboxylic acid groups (broad SMARTS) is 2. The molecule has 0 fully saturated rings. The maximum absolute atomic E-state index is 9.65. The number of carbonyl (C=O) groups is 2. The molecule has 0 amide bonds. The SMILES string of the molecule is N[C@@H](CS)C(=O)[O-].N[C@@H](CS)C(=O)[O-].[O]=[V+2]. The van der Waals surface area contributed by atoms with E-state index in [9.17, 15) is 19.8 Å². The third-order valence-electron chi connectivity index (χ3n) is 0.999. The van der Waals surface area contributed by atoms with Gasteiger partial charge in [0.2, 0.25) is 0 Å². The van der Waals surface area contributed by atoms with Gasteiger partial charge in [0.05, 0.1) is 24.0 Å². The first kappa shape index (κ1) is 21.3. The average Bonchev–Trinajstić information content (AvgIpc) is 2.29. The molecule has 0 aromatic heterocycles. The van der Waals surface area contributed by atoms with Gasteiger partial charge < -0.3 is 31.3 Å². The van der Waals surface area contributed by atoms with Crippen LogP contribution in [-0.4, -0.2) is 35.5 Å². The molecule has 0 aromatic carbocycles. The van der Waals surface area contributed by atoms with Crippen LogP contribution >= 0.6 is 25.3 Å². The van der Waals surface area contributed by atoms with Crippen LogP contribution in [0.4, 0.5) is 0 Å². The normalized spacial score (nSPS) is 12.1. The van der Waals surface area contributed by atoms with E-state index in [0.717, 1.165) is 17.4 Å². The summed E-state index contributed by atoms with van der Waals surface area (Å²) in [5, 5.41) is 19.3. The van der Waals surface area contributed by atoms with Crippen molar-refractivity contribution in [1.29, 1.82) is 0 Å². The summed E-state index contributed by atoms with van der Waals surface area (Å²) in [6.07, 6.45) is 0. The molecule has 0 bridgehead atoms. The molecule has 0 aliphatic heterocycles. The van der Waals surface area contributed by atoms with Gasteiger partial charge in [-0.2, -0.15) is 25.3 Å². The number of nitrogens with two attached hydrogens (primary N) is 2. The van der Waals surface area contributed by atoms with Crippen LogP contribution in [0.1, 0.15) is 0 Å². The number of carbonyl (C=O) groups excluding carboxylic acids is 2. The van der Waals surface area contributed by atoms with Crippen LogP contribution in [0.3, 0.4) is 0 Å². The summed E-state index contributed by atoms with van der Waals surface area (Å²) in [4.78, 5) is 19.3. The molecule has 10 heteroatoms. The molecule has 0 rings (SSSR count). The van der Waals surface area contributed by atoms with Gasteiger partial charge >= 0.3 is 21.0 Å². The molecule has 0 radical (unpaired) electrons. The van der Waals surface area contributed by atoms with Gasteiger partial charge in [0.25, 0.3) is 0 Å². The Bertz CT molecular complexity index is 189. The number of aliphatic carboxylic acids is 2. The molecule has 0 aliphatic carbocycles. The Morgan fingerprint density at radius 3 is 1.19 bits per heavy atom. The first-order valence-electron chi connectivity index (χ1n) is 3.69. The number of hydrogen-bond donors (Lipinski definition) is 4. The fourth-order valence-electron chi connectivity index (χ4n) is 0.149. The van der Waals surface area contributed by atoms with E-state index in [1.807, 2.05) is 0 Å². The molecule has 0 spiro atoms. The Kier molecular flexibility index (Phi) is 19.9. The van der Waals surface area contributed by atoms with Crippen LogP contribution in [0.15, 0.2) is 0 Å². The van der Waals surface area contributed by atoms with E-state index in [2.05, 4.69) is 25.3 Å². The maximum atomic E-state index is 9.65. The minimum atomic E-state index is -1.25. The second-order valence-corrected chi connectivity index (χ2v) is 2.95. The molecule has 4 N–H and O–H groups in total. The molecule has 0 heterocycles. The first-order valence-corrected chi connectivity index (χ1v) is 5.53. The van der Waals surface area contributed by atoms with Crippen LogP contribution < -0.4 is 21.7 Å². The topological polar surface area (TPSA) is 149 Å². The molecule has 93 valence electrons. The molecule has 7 nitrogen and oxygen atoms in total. The zero-order valence-corrected chi connectivity index (χ0v) is 11.3. The van der Waals surface area contributed by atoms with E-state index < -0.39 is 24.0 Å². The van der Waals surface area contributed by atoms with Gasteiger partial charge in [-0.3, -0.25) is 0 Å². The van der Waals surface area contributed by atoms with E-state index in [4.69, 9.17) is 15.1 Å². The van der Waals surface area contributed by atoms with Gasteiger partial charge in [0.1, 0.15) is 0 Å². The molecule has 2 atom stereocenters. The van der Waals surface area contributed by atoms with E-state index in [1.165, 1.54) is 0 Å². The van der Waals surface area contributed by atoms with E-state index in [-0.39, 0.29) is 11.5 Å². The third kappa shape index (κ3) is 16.4. The van der Waals surface area contributed by atoms with Crippen molar-refractivity contribution in [3.05, 3.63) is 0 Å². The summed E-state index contributed by atoms with van der Waals surface area (Å²) >= 11 is 8.28. The molecule has 0 saturated carbocycles. The third-order valence-corrected chi connectivity index (χ3v) is 1.79. The second kappa shape index (κ2) is 14.9. The molecule has 0 aliphatic rings. The minimum absolute atomic E-state index is 0.127. The van der Waals surface area contributed by atoms with Crippen molar-refractivity contribution in [3.63, 3.8) is 0 Å². The van der Waals surface area contributed by atoms with Crippen LogP contribution in [0.2, 0.25) is 0 Å². The zero-order chi connectivity index (χ0) is 13.7. The van der Waals surface area contributed by atoms with Gasteiger partial charge in [0, 0.05) is 11.5 Å². The summed E-state index contributed by atoms with van der Waals surface area (Å²) in [5.41, 5.74) is 9.75. The average molecular weight is 307 g/mol. The van der Waals surface area contributed by atoms with Gasteiger partial charge in [0.15, 0.2) is 0 Å².